The molecule has 0 fully saturated rings. The molecule has 1 heterocycles. The van der Waals surface area contributed by atoms with E-state index in [-0.39, 0.29) is 17.7 Å². The van der Waals surface area contributed by atoms with Gasteiger partial charge in [0, 0.05) is 18.7 Å². The number of pyridine rings is 1. The van der Waals surface area contributed by atoms with Crippen LogP contribution in [0.3, 0.4) is 0 Å². The van der Waals surface area contributed by atoms with E-state index in [2.05, 4.69) is 22.5 Å². The number of nitrogens with one attached hydrogen (secondary N) is 2. The minimum atomic E-state index is -0.658. The average Bonchev–Trinajstić information content (AvgIpc) is 2.31. The lowest BCUT2D eigenvalue weighted by Gasteiger charge is -2.15. The SMILES string of the molecule is CCCNc1nc(NC(C)CCC)c(F)cc1F. The summed E-state index contributed by atoms with van der Waals surface area (Å²) in [7, 11) is 0. The van der Waals surface area contributed by atoms with Crippen LogP contribution in [-0.2, 0) is 0 Å². The monoisotopic (exact) mass is 257 g/mol. The van der Waals surface area contributed by atoms with Gasteiger partial charge in [0.15, 0.2) is 23.3 Å². The first-order valence-electron chi connectivity index (χ1n) is 6.44. The minimum Gasteiger partial charge on any atom is -0.368 e. The average molecular weight is 257 g/mol. The molecule has 0 radical (unpaired) electrons. The van der Waals surface area contributed by atoms with E-state index in [0.717, 1.165) is 25.3 Å². The summed E-state index contributed by atoms with van der Waals surface area (Å²) in [5, 5.41) is 5.81. The maximum Gasteiger partial charge on any atom is 0.168 e. The summed E-state index contributed by atoms with van der Waals surface area (Å²) in [5.74, 6) is -1.10. The molecule has 0 spiro atoms. The van der Waals surface area contributed by atoms with E-state index in [9.17, 15) is 8.78 Å². The lowest BCUT2D eigenvalue weighted by Crippen LogP contribution is -2.18. The zero-order chi connectivity index (χ0) is 13.5. The third-order valence-electron chi connectivity index (χ3n) is 2.58. The van der Waals surface area contributed by atoms with E-state index in [1.54, 1.807) is 0 Å². The first-order chi connectivity index (χ1) is 8.58. The Bertz CT molecular complexity index is 383. The van der Waals surface area contributed by atoms with Crippen molar-refractivity contribution in [2.45, 2.75) is 46.1 Å². The summed E-state index contributed by atoms with van der Waals surface area (Å²) in [6.07, 6.45) is 2.77. The first-order valence-corrected chi connectivity index (χ1v) is 6.44. The van der Waals surface area contributed by atoms with Crippen molar-refractivity contribution in [2.75, 3.05) is 17.2 Å². The van der Waals surface area contributed by atoms with Crippen LogP contribution in [0.1, 0.15) is 40.0 Å². The molecule has 2 N–H and O–H groups in total. The van der Waals surface area contributed by atoms with E-state index in [4.69, 9.17) is 0 Å². The molecule has 0 saturated carbocycles. The van der Waals surface area contributed by atoms with E-state index in [1.807, 2.05) is 13.8 Å². The van der Waals surface area contributed by atoms with Gasteiger partial charge in [0.2, 0.25) is 0 Å². The highest BCUT2D eigenvalue weighted by Gasteiger charge is 2.13. The maximum absolute atomic E-state index is 13.6. The predicted octanol–water partition coefficient (Wildman–Crippen LogP) is 3.78. The van der Waals surface area contributed by atoms with Crippen LogP contribution in [0.2, 0.25) is 0 Å². The van der Waals surface area contributed by atoms with Crippen molar-refractivity contribution in [1.29, 1.82) is 0 Å². The highest BCUT2D eigenvalue weighted by atomic mass is 19.1. The van der Waals surface area contributed by atoms with Gasteiger partial charge in [0.25, 0.3) is 0 Å². The molecule has 0 aliphatic carbocycles. The molecule has 0 amide bonds. The van der Waals surface area contributed by atoms with Crippen LogP contribution in [-0.4, -0.2) is 17.6 Å². The lowest BCUT2D eigenvalue weighted by molar-refractivity contribution is 0.573. The summed E-state index contributed by atoms with van der Waals surface area (Å²) in [4.78, 5) is 3.96. The normalized spacial score (nSPS) is 12.3. The molecule has 102 valence electrons. The summed E-state index contributed by atoms with van der Waals surface area (Å²) in [5.41, 5.74) is 0. The zero-order valence-corrected chi connectivity index (χ0v) is 11.2. The molecule has 0 aliphatic heterocycles. The Balaban J connectivity index is 2.83. The molecule has 1 rings (SSSR count). The van der Waals surface area contributed by atoms with Gasteiger partial charge in [-0.25, -0.2) is 13.8 Å². The second-order valence-corrected chi connectivity index (χ2v) is 4.41. The summed E-state index contributed by atoms with van der Waals surface area (Å²) < 4.78 is 27.0. The van der Waals surface area contributed by atoms with Crippen molar-refractivity contribution in [2.24, 2.45) is 0 Å². The van der Waals surface area contributed by atoms with Crippen molar-refractivity contribution >= 4 is 11.6 Å². The van der Waals surface area contributed by atoms with Gasteiger partial charge >= 0.3 is 0 Å². The second-order valence-electron chi connectivity index (χ2n) is 4.41. The highest BCUT2D eigenvalue weighted by Crippen LogP contribution is 2.20. The Labute approximate surface area is 107 Å². The molecule has 18 heavy (non-hydrogen) atoms. The standard InChI is InChI=1S/C13H21F2N3/c1-4-6-9(3)17-13-11(15)8-10(14)12(18-13)16-7-5-2/h8-9H,4-7H2,1-3H3,(H2,16,17,18). The van der Waals surface area contributed by atoms with Gasteiger partial charge in [0.05, 0.1) is 0 Å². The van der Waals surface area contributed by atoms with Gasteiger partial charge in [0.1, 0.15) is 0 Å². The van der Waals surface area contributed by atoms with Crippen LogP contribution < -0.4 is 10.6 Å². The Hall–Kier alpha value is -1.39. The number of anilines is 2. The van der Waals surface area contributed by atoms with Crippen molar-refractivity contribution in [1.82, 2.24) is 4.98 Å². The number of aromatic nitrogens is 1. The van der Waals surface area contributed by atoms with Crippen LogP contribution in [0.5, 0.6) is 0 Å². The highest BCUT2D eigenvalue weighted by molar-refractivity contribution is 5.47. The Morgan fingerprint density at radius 3 is 2.44 bits per heavy atom. The fourth-order valence-corrected chi connectivity index (χ4v) is 1.67. The minimum absolute atomic E-state index is 0.101. The van der Waals surface area contributed by atoms with Crippen molar-refractivity contribution < 1.29 is 8.78 Å². The molecular weight excluding hydrogens is 236 g/mol. The Kier molecular flexibility index (Phi) is 5.82. The Morgan fingerprint density at radius 2 is 1.83 bits per heavy atom. The van der Waals surface area contributed by atoms with E-state index in [0.29, 0.717) is 6.54 Å². The van der Waals surface area contributed by atoms with Crippen molar-refractivity contribution in [3.63, 3.8) is 0 Å². The van der Waals surface area contributed by atoms with Crippen molar-refractivity contribution in [3.8, 4) is 0 Å². The van der Waals surface area contributed by atoms with Crippen LogP contribution in [0.15, 0.2) is 6.07 Å². The maximum atomic E-state index is 13.6. The van der Waals surface area contributed by atoms with Crippen LogP contribution in [0.4, 0.5) is 20.4 Å². The molecule has 5 heteroatoms. The number of rotatable bonds is 7. The third-order valence-corrected chi connectivity index (χ3v) is 2.58. The molecule has 0 saturated heterocycles. The van der Waals surface area contributed by atoms with Gasteiger partial charge in [-0.1, -0.05) is 20.3 Å². The molecule has 1 unspecified atom stereocenters. The van der Waals surface area contributed by atoms with Crippen LogP contribution in [0, 0.1) is 11.6 Å². The summed E-state index contributed by atoms with van der Waals surface area (Å²) in [6.45, 7) is 6.59. The van der Waals surface area contributed by atoms with Crippen molar-refractivity contribution in [3.05, 3.63) is 17.7 Å². The van der Waals surface area contributed by atoms with Crippen LogP contribution >= 0.6 is 0 Å². The summed E-state index contributed by atoms with van der Waals surface area (Å²) in [6, 6.07) is 0.980. The third kappa shape index (κ3) is 4.13. The van der Waals surface area contributed by atoms with Crippen LogP contribution in [0.25, 0.3) is 0 Å². The number of nitrogens with zero attached hydrogens (tertiary/aromatic N) is 1. The molecule has 0 bridgehead atoms. The smallest absolute Gasteiger partial charge is 0.168 e. The molecule has 1 atom stereocenters. The molecular formula is C13H21F2N3. The lowest BCUT2D eigenvalue weighted by atomic mass is 10.2. The topological polar surface area (TPSA) is 37.0 Å². The van der Waals surface area contributed by atoms with Gasteiger partial charge in [-0.15, -0.1) is 0 Å². The zero-order valence-electron chi connectivity index (χ0n) is 11.2. The van der Waals surface area contributed by atoms with Gasteiger partial charge < -0.3 is 10.6 Å². The first kappa shape index (κ1) is 14.7. The number of halogens is 2. The largest absolute Gasteiger partial charge is 0.368 e. The molecule has 1 aromatic heterocycles. The molecule has 3 nitrogen and oxygen atoms in total. The van der Waals surface area contributed by atoms with E-state index >= 15 is 0 Å². The van der Waals surface area contributed by atoms with Gasteiger partial charge in [-0.05, 0) is 19.8 Å². The summed E-state index contributed by atoms with van der Waals surface area (Å²) >= 11 is 0. The molecule has 0 aromatic carbocycles. The Morgan fingerprint density at radius 1 is 1.17 bits per heavy atom. The second kappa shape index (κ2) is 7.13. The van der Waals surface area contributed by atoms with E-state index < -0.39 is 11.6 Å². The quantitative estimate of drug-likeness (QED) is 0.780. The van der Waals surface area contributed by atoms with Gasteiger partial charge in [-0.3, -0.25) is 0 Å². The fraction of sp³-hybridized carbons (Fsp3) is 0.615. The molecule has 0 aliphatic rings. The molecule has 1 aromatic rings. The number of hydrogen-bond acceptors (Lipinski definition) is 3. The number of hydrogen-bond donors (Lipinski definition) is 2. The van der Waals surface area contributed by atoms with Gasteiger partial charge in [-0.2, -0.15) is 0 Å². The fourth-order valence-electron chi connectivity index (χ4n) is 1.67. The predicted molar refractivity (Wildman–Crippen MR) is 70.9 cm³/mol. The van der Waals surface area contributed by atoms with E-state index in [1.165, 1.54) is 0 Å².